The summed E-state index contributed by atoms with van der Waals surface area (Å²) in [5.74, 6) is 0.0756. The van der Waals surface area contributed by atoms with Gasteiger partial charge < -0.3 is 4.74 Å². The fourth-order valence-electron chi connectivity index (χ4n) is 3.58. The van der Waals surface area contributed by atoms with E-state index in [9.17, 15) is 9.59 Å². The molecule has 0 aliphatic carbocycles. The quantitative estimate of drug-likeness (QED) is 0.754. The second-order valence-corrected chi connectivity index (χ2v) is 7.72. The molecule has 0 saturated carbocycles. The Hall–Kier alpha value is -2.10. The van der Waals surface area contributed by atoms with Gasteiger partial charge in [0.15, 0.2) is 5.78 Å². The topological polar surface area (TPSA) is 46.6 Å². The molecule has 2 heterocycles. The summed E-state index contributed by atoms with van der Waals surface area (Å²) in [6.07, 6.45) is 4.74. The van der Waals surface area contributed by atoms with Gasteiger partial charge in [-0.3, -0.25) is 9.69 Å². The third kappa shape index (κ3) is 3.37. The number of amides is 1. The molecule has 1 aromatic carbocycles. The van der Waals surface area contributed by atoms with Crippen molar-refractivity contribution in [2.24, 2.45) is 0 Å². The molecule has 128 valence electrons. The zero-order valence-electron chi connectivity index (χ0n) is 14.8. The number of carbonyl (C=O) groups is 2. The van der Waals surface area contributed by atoms with Crippen LogP contribution in [0.2, 0.25) is 0 Å². The highest BCUT2D eigenvalue weighted by molar-refractivity contribution is 5.95. The molecule has 0 N–H and O–H groups in total. The predicted octanol–water partition coefficient (Wildman–Crippen LogP) is 4.44. The second-order valence-electron chi connectivity index (χ2n) is 7.72. The molecule has 2 aliphatic heterocycles. The van der Waals surface area contributed by atoms with Crippen LogP contribution < -0.4 is 0 Å². The molecule has 2 bridgehead atoms. The molecule has 2 unspecified atom stereocenters. The van der Waals surface area contributed by atoms with Crippen LogP contribution in [-0.2, 0) is 4.74 Å². The number of Topliss-reactive ketones (excluding diaryl/α,β-unsaturated/α-hetero) is 1. The Labute approximate surface area is 143 Å². The van der Waals surface area contributed by atoms with Crippen LogP contribution in [0.3, 0.4) is 0 Å². The third-order valence-corrected chi connectivity index (χ3v) is 4.64. The Morgan fingerprint density at radius 2 is 1.96 bits per heavy atom. The van der Waals surface area contributed by atoms with Gasteiger partial charge in [0.2, 0.25) is 0 Å². The Balaban J connectivity index is 1.83. The van der Waals surface area contributed by atoms with Crippen LogP contribution in [0.1, 0.15) is 62.9 Å². The van der Waals surface area contributed by atoms with E-state index in [1.807, 2.05) is 49.9 Å². The molecule has 2 atom stereocenters. The van der Waals surface area contributed by atoms with E-state index in [-0.39, 0.29) is 24.0 Å². The molecular weight excluding hydrogens is 302 g/mol. The largest absolute Gasteiger partial charge is 0.444 e. The van der Waals surface area contributed by atoms with Crippen molar-refractivity contribution in [2.75, 3.05) is 0 Å². The molecule has 0 aromatic heterocycles. The van der Waals surface area contributed by atoms with E-state index in [1.54, 1.807) is 6.92 Å². The van der Waals surface area contributed by atoms with Gasteiger partial charge in [-0.25, -0.2) is 4.79 Å². The molecule has 4 heteroatoms. The Morgan fingerprint density at radius 1 is 1.21 bits per heavy atom. The summed E-state index contributed by atoms with van der Waals surface area (Å²) in [6.45, 7) is 7.27. The summed E-state index contributed by atoms with van der Waals surface area (Å²) in [4.78, 5) is 26.0. The van der Waals surface area contributed by atoms with Crippen LogP contribution >= 0.6 is 0 Å². The van der Waals surface area contributed by atoms with Crippen LogP contribution in [0, 0.1) is 0 Å². The average molecular weight is 327 g/mol. The van der Waals surface area contributed by atoms with Gasteiger partial charge in [0.1, 0.15) is 5.60 Å². The van der Waals surface area contributed by atoms with E-state index in [1.165, 1.54) is 5.57 Å². The van der Waals surface area contributed by atoms with Crippen molar-refractivity contribution in [2.45, 2.75) is 64.6 Å². The van der Waals surface area contributed by atoms with Gasteiger partial charge in [-0.05, 0) is 64.2 Å². The Morgan fingerprint density at radius 3 is 2.58 bits per heavy atom. The summed E-state index contributed by atoms with van der Waals surface area (Å²) in [5, 5.41) is 0. The smallest absolute Gasteiger partial charge is 0.411 e. The number of hydrogen-bond donors (Lipinski definition) is 0. The van der Waals surface area contributed by atoms with Crippen molar-refractivity contribution in [3.63, 3.8) is 0 Å². The van der Waals surface area contributed by atoms with E-state index in [0.29, 0.717) is 0 Å². The number of rotatable bonds is 2. The molecule has 1 fully saturated rings. The molecule has 1 amide bonds. The van der Waals surface area contributed by atoms with Crippen LogP contribution in [0.25, 0.3) is 5.57 Å². The van der Waals surface area contributed by atoms with Crippen molar-refractivity contribution >= 4 is 17.4 Å². The molecule has 0 spiro atoms. The van der Waals surface area contributed by atoms with Crippen LogP contribution in [0.4, 0.5) is 4.79 Å². The lowest BCUT2D eigenvalue weighted by Crippen LogP contribution is -2.45. The number of nitrogens with zero attached hydrogens (tertiary/aromatic N) is 1. The van der Waals surface area contributed by atoms with E-state index < -0.39 is 5.60 Å². The number of fused-ring (bicyclic) bond motifs is 2. The van der Waals surface area contributed by atoms with Crippen LogP contribution in [0.5, 0.6) is 0 Å². The summed E-state index contributed by atoms with van der Waals surface area (Å²) < 4.78 is 5.56. The fraction of sp³-hybridized carbons (Fsp3) is 0.500. The van der Waals surface area contributed by atoms with E-state index in [0.717, 1.165) is 30.4 Å². The van der Waals surface area contributed by atoms with Gasteiger partial charge in [-0.2, -0.15) is 0 Å². The number of benzene rings is 1. The lowest BCUT2D eigenvalue weighted by molar-refractivity contribution is 0.0175. The zero-order valence-corrected chi connectivity index (χ0v) is 14.8. The van der Waals surface area contributed by atoms with Gasteiger partial charge in [-0.1, -0.05) is 24.3 Å². The number of hydrogen-bond acceptors (Lipinski definition) is 3. The highest BCUT2D eigenvalue weighted by Crippen LogP contribution is 2.39. The Kier molecular flexibility index (Phi) is 4.24. The minimum Gasteiger partial charge on any atom is -0.444 e. The van der Waals surface area contributed by atoms with Gasteiger partial charge >= 0.3 is 6.09 Å². The van der Waals surface area contributed by atoms with Crippen molar-refractivity contribution < 1.29 is 14.3 Å². The maximum absolute atomic E-state index is 12.5. The first-order chi connectivity index (χ1) is 11.2. The summed E-state index contributed by atoms with van der Waals surface area (Å²) in [5.41, 5.74) is 2.57. The first kappa shape index (κ1) is 16.7. The van der Waals surface area contributed by atoms with Gasteiger partial charge in [0, 0.05) is 11.6 Å². The number of carbonyl (C=O) groups excluding carboxylic acids is 2. The average Bonchev–Trinajstić information content (AvgIpc) is 2.76. The number of ether oxygens (including phenoxy) is 1. The van der Waals surface area contributed by atoms with E-state index in [4.69, 9.17) is 4.74 Å². The summed E-state index contributed by atoms with van der Waals surface area (Å²) in [6, 6.07) is 8.05. The zero-order chi connectivity index (χ0) is 17.5. The van der Waals surface area contributed by atoms with Crippen LogP contribution in [0.15, 0.2) is 30.3 Å². The normalized spacial score (nSPS) is 23.0. The molecule has 2 aliphatic rings. The minimum atomic E-state index is -0.476. The molecule has 3 rings (SSSR count). The molecule has 24 heavy (non-hydrogen) atoms. The lowest BCUT2D eigenvalue weighted by atomic mass is 9.93. The van der Waals surface area contributed by atoms with Crippen molar-refractivity contribution in [3.8, 4) is 0 Å². The summed E-state index contributed by atoms with van der Waals surface area (Å²) in [7, 11) is 0. The lowest BCUT2D eigenvalue weighted by Gasteiger charge is -2.35. The maximum atomic E-state index is 12.5. The number of ketones is 1. The molecule has 1 aromatic rings. The molecule has 0 radical (unpaired) electrons. The van der Waals surface area contributed by atoms with E-state index in [2.05, 4.69) is 6.08 Å². The SMILES string of the molecule is CC(=O)c1cccc(C2=CC3CCC(C2)N3C(=O)OC(C)(C)C)c1. The van der Waals surface area contributed by atoms with Gasteiger partial charge in [-0.15, -0.1) is 0 Å². The first-order valence-electron chi connectivity index (χ1n) is 8.58. The summed E-state index contributed by atoms with van der Waals surface area (Å²) >= 11 is 0. The highest BCUT2D eigenvalue weighted by atomic mass is 16.6. The highest BCUT2D eigenvalue weighted by Gasteiger charge is 2.41. The maximum Gasteiger partial charge on any atom is 0.411 e. The molecule has 4 nitrogen and oxygen atoms in total. The minimum absolute atomic E-state index is 0.0756. The molecular formula is C20H25NO3. The van der Waals surface area contributed by atoms with Gasteiger partial charge in [0.05, 0.1) is 6.04 Å². The van der Waals surface area contributed by atoms with Gasteiger partial charge in [0.25, 0.3) is 0 Å². The van der Waals surface area contributed by atoms with Crippen molar-refractivity contribution in [1.82, 2.24) is 4.90 Å². The second kappa shape index (κ2) is 6.08. The fourth-order valence-corrected chi connectivity index (χ4v) is 3.58. The van der Waals surface area contributed by atoms with E-state index >= 15 is 0 Å². The standard InChI is InChI=1S/C20H25NO3/c1-13(22)14-6-5-7-15(10-14)16-11-17-8-9-18(12-16)21(17)19(23)24-20(2,3)4/h5-7,10-11,17-18H,8-9,12H2,1-4H3. The van der Waals surface area contributed by atoms with Crippen molar-refractivity contribution in [3.05, 3.63) is 41.5 Å². The molecule has 1 saturated heterocycles. The predicted molar refractivity (Wildman–Crippen MR) is 93.9 cm³/mol. The van der Waals surface area contributed by atoms with Crippen LogP contribution in [-0.4, -0.2) is 34.5 Å². The third-order valence-electron chi connectivity index (χ3n) is 4.64. The Bertz CT molecular complexity index is 699. The van der Waals surface area contributed by atoms with Crippen molar-refractivity contribution in [1.29, 1.82) is 0 Å². The monoisotopic (exact) mass is 327 g/mol. The first-order valence-corrected chi connectivity index (χ1v) is 8.58.